The van der Waals surface area contributed by atoms with E-state index in [4.69, 9.17) is 4.74 Å². The molecule has 1 heterocycles. The van der Waals surface area contributed by atoms with Gasteiger partial charge in [-0.15, -0.1) is 0 Å². The summed E-state index contributed by atoms with van der Waals surface area (Å²) in [6, 6.07) is 10.4. The number of nitrogens with zero attached hydrogens (tertiary/aromatic N) is 1. The third-order valence-corrected chi connectivity index (χ3v) is 3.17. The molecule has 0 saturated carbocycles. The molecule has 1 saturated heterocycles. The van der Waals surface area contributed by atoms with Crippen molar-refractivity contribution in [2.45, 2.75) is 19.4 Å². The van der Waals surface area contributed by atoms with Gasteiger partial charge in [-0.25, -0.2) is 4.79 Å². The Balaban J connectivity index is 2.01. The third-order valence-electron chi connectivity index (χ3n) is 3.17. The molecule has 1 aromatic carbocycles. The van der Waals surface area contributed by atoms with Gasteiger partial charge in [-0.05, 0) is 18.9 Å². The minimum Gasteiger partial charge on any atom is -0.450 e. The Labute approximate surface area is 108 Å². The number of nitrogens with one attached hydrogen (secondary N) is 1. The monoisotopic (exact) mass is 248 g/mol. The van der Waals surface area contributed by atoms with Gasteiger partial charge in [0.2, 0.25) is 0 Å². The van der Waals surface area contributed by atoms with Crippen LogP contribution >= 0.6 is 0 Å². The minimum atomic E-state index is -0.195. The number of benzene rings is 1. The lowest BCUT2D eigenvalue weighted by Crippen LogP contribution is -2.54. The Morgan fingerprint density at radius 2 is 2.22 bits per heavy atom. The molecule has 1 aliphatic heterocycles. The van der Waals surface area contributed by atoms with Crippen LogP contribution in [0, 0.1) is 0 Å². The fourth-order valence-electron chi connectivity index (χ4n) is 2.28. The molecule has 1 aliphatic rings. The lowest BCUT2D eigenvalue weighted by Gasteiger charge is -2.35. The molecule has 0 spiro atoms. The van der Waals surface area contributed by atoms with Gasteiger partial charge in [-0.1, -0.05) is 30.3 Å². The molecular formula is C14H20N2O2. The molecule has 0 bridgehead atoms. The van der Waals surface area contributed by atoms with Gasteiger partial charge in [0.25, 0.3) is 0 Å². The second-order valence-electron chi connectivity index (χ2n) is 4.44. The van der Waals surface area contributed by atoms with Gasteiger partial charge < -0.3 is 15.0 Å². The summed E-state index contributed by atoms with van der Waals surface area (Å²) >= 11 is 0. The number of amides is 1. The number of carbonyl (C=O) groups is 1. The maximum Gasteiger partial charge on any atom is 0.410 e. The Morgan fingerprint density at radius 3 is 2.94 bits per heavy atom. The molecule has 1 N–H and O–H groups in total. The zero-order valence-corrected chi connectivity index (χ0v) is 10.8. The highest BCUT2D eigenvalue weighted by atomic mass is 16.6. The van der Waals surface area contributed by atoms with Crippen LogP contribution in [0.4, 0.5) is 4.79 Å². The van der Waals surface area contributed by atoms with Crippen molar-refractivity contribution in [2.24, 2.45) is 0 Å². The van der Waals surface area contributed by atoms with E-state index in [0.29, 0.717) is 6.61 Å². The van der Waals surface area contributed by atoms with Crippen molar-refractivity contribution in [3.63, 3.8) is 0 Å². The highest BCUT2D eigenvalue weighted by Gasteiger charge is 2.27. The quantitative estimate of drug-likeness (QED) is 0.884. The van der Waals surface area contributed by atoms with Crippen molar-refractivity contribution >= 4 is 6.09 Å². The maximum absolute atomic E-state index is 11.9. The Hall–Kier alpha value is -1.55. The number of hydrogen-bond donors (Lipinski definition) is 1. The molecule has 4 nitrogen and oxygen atoms in total. The summed E-state index contributed by atoms with van der Waals surface area (Å²) < 4.78 is 5.11. The van der Waals surface area contributed by atoms with Crippen molar-refractivity contribution in [1.29, 1.82) is 0 Å². The second-order valence-corrected chi connectivity index (χ2v) is 4.44. The highest BCUT2D eigenvalue weighted by molar-refractivity contribution is 5.68. The van der Waals surface area contributed by atoms with Crippen LogP contribution < -0.4 is 5.32 Å². The summed E-state index contributed by atoms with van der Waals surface area (Å²) in [6.45, 7) is 4.65. The molecule has 2 rings (SSSR count). The Kier molecular flexibility index (Phi) is 4.59. The topological polar surface area (TPSA) is 41.6 Å². The largest absolute Gasteiger partial charge is 0.450 e. The van der Waals surface area contributed by atoms with Gasteiger partial charge in [0.15, 0.2) is 0 Å². The van der Waals surface area contributed by atoms with E-state index in [2.05, 4.69) is 17.4 Å². The van der Waals surface area contributed by atoms with Gasteiger partial charge in [0.1, 0.15) is 0 Å². The van der Waals surface area contributed by atoms with E-state index in [9.17, 15) is 4.79 Å². The summed E-state index contributed by atoms with van der Waals surface area (Å²) in [5.74, 6) is 0. The number of piperazine rings is 1. The molecule has 1 amide bonds. The van der Waals surface area contributed by atoms with Crippen molar-refractivity contribution in [1.82, 2.24) is 10.2 Å². The Bertz CT molecular complexity index is 381. The lowest BCUT2D eigenvalue weighted by molar-refractivity contribution is 0.0812. The fraction of sp³-hybridized carbons (Fsp3) is 0.500. The van der Waals surface area contributed by atoms with Crippen molar-refractivity contribution in [2.75, 3.05) is 26.2 Å². The first-order valence-electron chi connectivity index (χ1n) is 6.49. The molecule has 98 valence electrons. The molecule has 18 heavy (non-hydrogen) atoms. The van der Waals surface area contributed by atoms with E-state index in [1.165, 1.54) is 5.56 Å². The van der Waals surface area contributed by atoms with E-state index in [1.807, 2.05) is 30.0 Å². The number of carbonyl (C=O) groups excluding carboxylic acids is 1. The summed E-state index contributed by atoms with van der Waals surface area (Å²) in [5.41, 5.74) is 1.25. The Morgan fingerprint density at radius 1 is 1.44 bits per heavy atom. The second kappa shape index (κ2) is 6.40. The van der Waals surface area contributed by atoms with Crippen molar-refractivity contribution in [3.05, 3.63) is 35.9 Å². The van der Waals surface area contributed by atoms with Crippen LogP contribution in [0.5, 0.6) is 0 Å². The summed E-state index contributed by atoms with van der Waals surface area (Å²) in [4.78, 5) is 13.7. The van der Waals surface area contributed by atoms with Crippen molar-refractivity contribution in [3.8, 4) is 0 Å². The van der Waals surface area contributed by atoms with Gasteiger partial charge >= 0.3 is 6.09 Å². The first-order chi connectivity index (χ1) is 8.81. The molecule has 1 aromatic rings. The molecule has 4 heteroatoms. The van der Waals surface area contributed by atoms with Crippen LogP contribution in [0.15, 0.2) is 30.3 Å². The molecule has 1 atom stereocenters. The minimum absolute atomic E-state index is 0.181. The summed E-state index contributed by atoms with van der Waals surface area (Å²) in [7, 11) is 0. The summed E-state index contributed by atoms with van der Waals surface area (Å²) in [5, 5.41) is 3.33. The highest BCUT2D eigenvalue weighted by Crippen LogP contribution is 2.12. The SMILES string of the molecule is CCOC(=O)N1CCNCC1Cc1ccccc1. The number of hydrogen-bond acceptors (Lipinski definition) is 3. The first kappa shape index (κ1) is 12.9. The van der Waals surface area contributed by atoms with Crippen LogP contribution in [0.25, 0.3) is 0 Å². The first-order valence-corrected chi connectivity index (χ1v) is 6.49. The van der Waals surface area contributed by atoms with Crippen LogP contribution in [-0.2, 0) is 11.2 Å². The molecule has 1 fully saturated rings. The van der Waals surface area contributed by atoms with Gasteiger partial charge in [0.05, 0.1) is 12.6 Å². The van der Waals surface area contributed by atoms with Gasteiger partial charge in [0, 0.05) is 19.6 Å². The van der Waals surface area contributed by atoms with E-state index in [1.54, 1.807) is 0 Å². The van der Waals surface area contributed by atoms with E-state index in [-0.39, 0.29) is 12.1 Å². The van der Waals surface area contributed by atoms with Gasteiger partial charge in [-0.2, -0.15) is 0 Å². The summed E-state index contributed by atoms with van der Waals surface area (Å²) in [6.07, 6.45) is 0.673. The van der Waals surface area contributed by atoms with Crippen LogP contribution in [0.2, 0.25) is 0 Å². The van der Waals surface area contributed by atoms with Crippen LogP contribution in [0.3, 0.4) is 0 Å². The van der Waals surface area contributed by atoms with Crippen LogP contribution in [-0.4, -0.2) is 43.3 Å². The predicted octanol–water partition coefficient (Wildman–Crippen LogP) is 1.66. The average Bonchev–Trinajstić information content (AvgIpc) is 2.41. The number of ether oxygens (including phenoxy) is 1. The van der Waals surface area contributed by atoms with Crippen molar-refractivity contribution < 1.29 is 9.53 Å². The smallest absolute Gasteiger partial charge is 0.410 e. The maximum atomic E-state index is 11.9. The van der Waals surface area contributed by atoms with Gasteiger partial charge in [-0.3, -0.25) is 0 Å². The van der Waals surface area contributed by atoms with Crippen LogP contribution in [0.1, 0.15) is 12.5 Å². The lowest BCUT2D eigenvalue weighted by atomic mass is 10.0. The standard InChI is InChI=1S/C14H20N2O2/c1-2-18-14(17)16-9-8-15-11-13(16)10-12-6-4-3-5-7-12/h3-7,13,15H,2,8-11H2,1H3. The fourth-order valence-corrected chi connectivity index (χ4v) is 2.28. The molecular weight excluding hydrogens is 228 g/mol. The van der Waals surface area contributed by atoms with E-state index in [0.717, 1.165) is 26.1 Å². The molecule has 0 aliphatic carbocycles. The van der Waals surface area contributed by atoms with E-state index >= 15 is 0 Å². The zero-order valence-electron chi connectivity index (χ0n) is 10.8. The normalized spacial score (nSPS) is 19.6. The molecule has 0 radical (unpaired) electrons. The predicted molar refractivity (Wildman–Crippen MR) is 70.5 cm³/mol. The van der Waals surface area contributed by atoms with E-state index < -0.39 is 0 Å². The molecule has 1 unspecified atom stereocenters. The average molecular weight is 248 g/mol. The molecule has 0 aromatic heterocycles. The number of rotatable bonds is 3. The third kappa shape index (κ3) is 3.23. The zero-order chi connectivity index (χ0) is 12.8.